The average molecular weight is 163 g/mol. The minimum Gasteiger partial charge on any atom is -0.480 e. The zero-order chi connectivity index (χ0) is 9.56. The maximum atomic E-state index is 10.3. The van der Waals surface area contributed by atoms with Gasteiger partial charge in [0.1, 0.15) is 0 Å². The predicted molar refractivity (Wildman–Crippen MR) is 36.1 cm³/mol. The maximum Gasteiger partial charge on any atom is 0.322 e. The second-order valence-electron chi connectivity index (χ2n) is 2.04. The largest absolute Gasteiger partial charge is 0.480 e. The molecule has 0 aromatic carbocycles. The number of nitriles is 3. The molecule has 0 saturated carbocycles. The molecule has 0 fully saturated rings. The van der Waals surface area contributed by atoms with Gasteiger partial charge in [-0.05, 0) is 0 Å². The molecule has 0 heterocycles. The van der Waals surface area contributed by atoms with Crippen molar-refractivity contribution in [2.75, 3.05) is 0 Å². The topological polar surface area (TPSA) is 109 Å². The Labute approximate surface area is 69.1 Å². The maximum absolute atomic E-state index is 10.3. The Morgan fingerprint density at radius 2 is 1.92 bits per heavy atom. The summed E-state index contributed by atoms with van der Waals surface area (Å²) in [6, 6.07) is 4.73. The van der Waals surface area contributed by atoms with E-state index in [-0.39, 0.29) is 6.42 Å². The number of carboxylic acid groups (broad SMARTS) is 1. The van der Waals surface area contributed by atoms with Gasteiger partial charge in [-0.1, -0.05) is 0 Å². The number of nitrogens with zero attached hydrogens (tertiary/aromatic N) is 3. The van der Waals surface area contributed by atoms with E-state index >= 15 is 0 Å². The van der Waals surface area contributed by atoms with E-state index in [0.29, 0.717) is 0 Å². The van der Waals surface area contributed by atoms with Gasteiger partial charge in [-0.15, -0.1) is 0 Å². The number of carbonyl (C=O) groups is 1. The molecule has 0 radical (unpaired) electrons. The summed E-state index contributed by atoms with van der Waals surface area (Å²) in [4.78, 5) is 10.3. The monoisotopic (exact) mass is 163 g/mol. The summed E-state index contributed by atoms with van der Waals surface area (Å²) in [6.45, 7) is 0. The van der Waals surface area contributed by atoms with Crippen molar-refractivity contribution in [1.29, 1.82) is 15.8 Å². The van der Waals surface area contributed by atoms with Gasteiger partial charge in [0.25, 0.3) is 0 Å². The van der Waals surface area contributed by atoms with Crippen molar-refractivity contribution in [3.8, 4) is 18.2 Å². The van der Waals surface area contributed by atoms with E-state index in [9.17, 15) is 4.79 Å². The van der Waals surface area contributed by atoms with Crippen molar-refractivity contribution in [1.82, 2.24) is 0 Å². The van der Waals surface area contributed by atoms with Gasteiger partial charge in [0.2, 0.25) is 0 Å². The van der Waals surface area contributed by atoms with Crippen molar-refractivity contribution in [2.24, 2.45) is 11.8 Å². The van der Waals surface area contributed by atoms with Crippen molar-refractivity contribution in [2.45, 2.75) is 6.42 Å². The standard InChI is InChI=1S/C7H5N3O2/c8-2-1-5(3-9)6(4-10)7(11)12/h5-6H,1H2,(H,11,12). The first-order chi connectivity index (χ1) is 5.67. The number of aliphatic carboxylic acids is 1. The van der Waals surface area contributed by atoms with Gasteiger partial charge in [0, 0.05) is 0 Å². The van der Waals surface area contributed by atoms with Crippen molar-refractivity contribution < 1.29 is 9.90 Å². The zero-order valence-corrected chi connectivity index (χ0v) is 6.06. The molecule has 0 amide bonds. The molecule has 1 N–H and O–H groups in total. The van der Waals surface area contributed by atoms with E-state index in [4.69, 9.17) is 20.9 Å². The molecule has 0 saturated heterocycles. The number of carboxylic acids is 1. The lowest BCUT2D eigenvalue weighted by molar-refractivity contribution is -0.140. The zero-order valence-electron chi connectivity index (χ0n) is 6.06. The predicted octanol–water partition coefficient (Wildman–Crippen LogP) is 0.264. The fourth-order valence-electron chi connectivity index (χ4n) is 0.654. The summed E-state index contributed by atoms with van der Waals surface area (Å²) in [7, 11) is 0. The van der Waals surface area contributed by atoms with Crippen LogP contribution in [0.15, 0.2) is 0 Å². The molecule has 2 atom stereocenters. The van der Waals surface area contributed by atoms with Crippen LogP contribution >= 0.6 is 0 Å². The smallest absolute Gasteiger partial charge is 0.322 e. The highest BCUT2D eigenvalue weighted by atomic mass is 16.4. The number of hydrogen-bond donors (Lipinski definition) is 1. The van der Waals surface area contributed by atoms with Crippen molar-refractivity contribution in [3.63, 3.8) is 0 Å². The SMILES string of the molecule is N#CCC(C#N)C(C#N)C(=O)O. The van der Waals surface area contributed by atoms with Crippen LogP contribution in [0.3, 0.4) is 0 Å². The van der Waals surface area contributed by atoms with Crippen LogP contribution in [0.2, 0.25) is 0 Å². The average Bonchev–Trinajstić information content (AvgIpc) is 2.03. The molecule has 0 aliphatic heterocycles. The fourth-order valence-corrected chi connectivity index (χ4v) is 0.654. The van der Waals surface area contributed by atoms with Crippen LogP contribution in [-0.4, -0.2) is 11.1 Å². The molecular weight excluding hydrogens is 158 g/mol. The fraction of sp³-hybridized carbons (Fsp3) is 0.429. The second-order valence-corrected chi connectivity index (χ2v) is 2.04. The van der Waals surface area contributed by atoms with E-state index in [2.05, 4.69) is 0 Å². The Hall–Kier alpha value is -2.06. The van der Waals surface area contributed by atoms with Gasteiger partial charge in [0.15, 0.2) is 5.92 Å². The van der Waals surface area contributed by atoms with Crippen LogP contribution in [0.4, 0.5) is 0 Å². The molecule has 0 aromatic rings. The molecule has 60 valence electrons. The Balaban J connectivity index is 4.52. The second kappa shape index (κ2) is 4.71. The van der Waals surface area contributed by atoms with Crippen LogP contribution in [0.1, 0.15) is 6.42 Å². The first-order valence-corrected chi connectivity index (χ1v) is 3.06. The van der Waals surface area contributed by atoms with Gasteiger partial charge in [-0.3, -0.25) is 4.79 Å². The van der Waals surface area contributed by atoms with E-state index in [1.54, 1.807) is 12.1 Å². The molecule has 5 heteroatoms. The summed E-state index contributed by atoms with van der Waals surface area (Å²) in [5, 5.41) is 33.3. The van der Waals surface area contributed by atoms with Crippen LogP contribution in [0, 0.1) is 45.8 Å². The third-order valence-corrected chi connectivity index (χ3v) is 1.28. The highest BCUT2D eigenvalue weighted by Crippen LogP contribution is 2.13. The van der Waals surface area contributed by atoms with Crippen LogP contribution in [-0.2, 0) is 4.79 Å². The lowest BCUT2D eigenvalue weighted by Crippen LogP contribution is -2.20. The lowest BCUT2D eigenvalue weighted by Gasteiger charge is -2.05. The lowest BCUT2D eigenvalue weighted by atomic mass is 9.93. The van der Waals surface area contributed by atoms with E-state index < -0.39 is 17.8 Å². The molecule has 0 rings (SSSR count). The molecule has 12 heavy (non-hydrogen) atoms. The normalized spacial score (nSPS) is 13.1. The van der Waals surface area contributed by atoms with Gasteiger partial charge >= 0.3 is 5.97 Å². The minimum atomic E-state index is -1.41. The summed E-state index contributed by atoms with van der Waals surface area (Å²) >= 11 is 0. The third kappa shape index (κ3) is 2.28. The van der Waals surface area contributed by atoms with Crippen LogP contribution < -0.4 is 0 Å². The Bertz CT molecular complexity index is 291. The molecular formula is C7H5N3O2. The van der Waals surface area contributed by atoms with Crippen molar-refractivity contribution in [3.05, 3.63) is 0 Å². The summed E-state index contributed by atoms with van der Waals surface area (Å²) in [6.07, 6.45) is -0.235. The van der Waals surface area contributed by atoms with Crippen molar-refractivity contribution >= 4 is 5.97 Å². The number of hydrogen-bond acceptors (Lipinski definition) is 4. The van der Waals surface area contributed by atoms with Gasteiger partial charge in [-0.25, -0.2) is 0 Å². The van der Waals surface area contributed by atoms with Gasteiger partial charge in [0.05, 0.1) is 30.5 Å². The molecule has 0 aliphatic rings. The highest BCUT2D eigenvalue weighted by Gasteiger charge is 2.27. The first kappa shape index (κ1) is 9.94. The summed E-state index contributed by atoms with van der Waals surface area (Å²) < 4.78 is 0. The van der Waals surface area contributed by atoms with E-state index in [0.717, 1.165) is 0 Å². The Morgan fingerprint density at radius 3 is 2.17 bits per heavy atom. The third-order valence-electron chi connectivity index (χ3n) is 1.28. The molecule has 0 spiro atoms. The molecule has 0 aliphatic carbocycles. The van der Waals surface area contributed by atoms with Crippen LogP contribution in [0.5, 0.6) is 0 Å². The highest BCUT2D eigenvalue weighted by molar-refractivity contribution is 5.73. The first-order valence-electron chi connectivity index (χ1n) is 3.06. The molecule has 2 unspecified atom stereocenters. The summed E-state index contributed by atoms with van der Waals surface area (Å²) in [5.41, 5.74) is 0. The minimum absolute atomic E-state index is 0.235. The number of rotatable bonds is 3. The summed E-state index contributed by atoms with van der Waals surface area (Å²) in [5.74, 6) is -3.81. The van der Waals surface area contributed by atoms with E-state index in [1.165, 1.54) is 6.07 Å². The van der Waals surface area contributed by atoms with Crippen LogP contribution in [0.25, 0.3) is 0 Å². The Morgan fingerprint density at radius 1 is 1.33 bits per heavy atom. The van der Waals surface area contributed by atoms with Gasteiger partial charge < -0.3 is 5.11 Å². The molecule has 0 bridgehead atoms. The van der Waals surface area contributed by atoms with Gasteiger partial charge in [-0.2, -0.15) is 15.8 Å². The Kier molecular flexibility index (Phi) is 3.90. The quantitative estimate of drug-likeness (QED) is 0.641. The molecule has 0 aromatic heterocycles. The molecule has 5 nitrogen and oxygen atoms in total. The van der Waals surface area contributed by atoms with E-state index in [1.807, 2.05) is 0 Å².